The predicted molar refractivity (Wildman–Crippen MR) is 94.0 cm³/mol. The summed E-state index contributed by atoms with van der Waals surface area (Å²) in [4.78, 5) is 17.8. The predicted octanol–water partition coefficient (Wildman–Crippen LogP) is 3.58. The van der Waals surface area contributed by atoms with E-state index >= 15 is 0 Å². The number of benzene rings is 1. The normalized spacial score (nSPS) is 21.7. The van der Waals surface area contributed by atoms with Gasteiger partial charge in [-0.15, -0.1) is 0 Å². The van der Waals surface area contributed by atoms with Crippen LogP contribution in [0.1, 0.15) is 41.9 Å². The van der Waals surface area contributed by atoms with Crippen LogP contribution in [0.4, 0.5) is 0 Å². The second-order valence-corrected chi connectivity index (χ2v) is 7.48. The van der Waals surface area contributed by atoms with E-state index < -0.39 is 5.97 Å². The maximum Gasteiger partial charge on any atom is 0.337 e. The van der Waals surface area contributed by atoms with Crippen LogP contribution < -0.4 is 0 Å². The van der Waals surface area contributed by atoms with E-state index in [1.165, 1.54) is 5.56 Å². The molecule has 126 valence electrons. The molecule has 24 heavy (non-hydrogen) atoms. The van der Waals surface area contributed by atoms with E-state index in [9.17, 15) is 9.90 Å². The Hall–Kier alpha value is -2.20. The second kappa shape index (κ2) is 6.02. The molecule has 1 aliphatic rings. The Balaban J connectivity index is 1.80. The molecule has 1 heterocycles. The van der Waals surface area contributed by atoms with Gasteiger partial charge < -0.3 is 5.11 Å². The standard InChI is InChI=1S/C20H24N2O2/c1-19(2)13-20(19,15-8-5-4-6-9-15)14-22(3)12-17-16(18(23)24)10-7-11-21-17/h4-11H,12-14H2,1-3H3,(H,23,24)/t20-/m1/s1. The molecule has 1 aromatic heterocycles. The molecule has 0 amide bonds. The number of nitrogens with zero attached hydrogens (tertiary/aromatic N) is 2. The molecule has 1 aliphatic carbocycles. The third kappa shape index (κ3) is 2.94. The lowest BCUT2D eigenvalue weighted by Crippen LogP contribution is -2.32. The van der Waals surface area contributed by atoms with E-state index in [1.54, 1.807) is 18.3 Å². The topological polar surface area (TPSA) is 53.4 Å². The fourth-order valence-electron chi connectivity index (χ4n) is 3.85. The maximum absolute atomic E-state index is 11.4. The van der Waals surface area contributed by atoms with Crippen molar-refractivity contribution in [1.82, 2.24) is 9.88 Å². The second-order valence-electron chi connectivity index (χ2n) is 7.48. The van der Waals surface area contributed by atoms with Crippen LogP contribution >= 0.6 is 0 Å². The molecule has 0 aliphatic heterocycles. The van der Waals surface area contributed by atoms with Crippen molar-refractivity contribution in [2.45, 2.75) is 32.2 Å². The molecule has 0 saturated heterocycles. The zero-order valence-electron chi connectivity index (χ0n) is 14.5. The van der Waals surface area contributed by atoms with Gasteiger partial charge in [-0.05, 0) is 36.6 Å². The van der Waals surface area contributed by atoms with Crippen molar-refractivity contribution in [2.24, 2.45) is 5.41 Å². The Kier molecular flexibility index (Phi) is 4.18. The summed E-state index contributed by atoms with van der Waals surface area (Å²) in [6, 6.07) is 13.9. The van der Waals surface area contributed by atoms with Crippen LogP contribution in [0, 0.1) is 5.41 Å². The molecule has 1 atom stereocenters. The first-order valence-electron chi connectivity index (χ1n) is 8.27. The summed E-state index contributed by atoms with van der Waals surface area (Å²) in [6.45, 7) is 6.03. The first-order chi connectivity index (χ1) is 11.4. The number of rotatable bonds is 6. The number of hydrogen-bond acceptors (Lipinski definition) is 3. The van der Waals surface area contributed by atoms with Crippen molar-refractivity contribution >= 4 is 5.97 Å². The van der Waals surface area contributed by atoms with Gasteiger partial charge in [0.2, 0.25) is 0 Å². The minimum absolute atomic E-state index is 0.126. The van der Waals surface area contributed by atoms with E-state index in [0.717, 1.165) is 13.0 Å². The lowest BCUT2D eigenvalue weighted by atomic mass is 9.87. The summed E-state index contributed by atoms with van der Waals surface area (Å²) >= 11 is 0. The van der Waals surface area contributed by atoms with E-state index in [-0.39, 0.29) is 16.4 Å². The number of aromatic nitrogens is 1. The van der Waals surface area contributed by atoms with Gasteiger partial charge in [0.05, 0.1) is 11.3 Å². The number of likely N-dealkylation sites (N-methyl/N-ethyl adjacent to an activating group) is 1. The molecule has 1 saturated carbocycles. The first kappa shape index (κ1) is 16.7. The molecular weight excluding hydrogens is 300 g/mol. The third-order valence-corrected chi connectivity index (χ3v) is 5.32. The Labute approximate surface area is 143 Å². The van der Waals surface area contributed by atoms with Gasteiger partial charge in [0.1, 0.15) is 0 Å². The van der Waals surface area contributed by atoms with Crippen molar-refractivity contribution in [3.05, 3.63) is 65.5 Å². The summed E-state index contributed by atoms with van der Waals surface area (Å²) < 4.78 is 0. The molecule has 1 fully saturated rings. The molecule has 4 heteroatoms. The van der Waals surface area contributed by atoms with Gasteiger partial charge in [-0.3, -0.25) is 9.88 Å². The SMILES string of the molecule is CN(Cc1ncccc1C(=O)O)C[C@@]1(c2ccccc2)CC1(C)C. The first-order valence-corrected chi connectivity index (χ1v) is 8.27. The summed E-state index contributed by atoms with van der Waals surface area (Å²) in [6.07, 6.45) is 2.80. The number of carboxylic acids is 1. The molecule has 1 aromatic carbocycles. The Bertz CT molecular complexity index is 742. The van der Waals surface area contributed by atoms with Gasteiger partial charge in [0.25, 0.3) is 0 Å². The molecule has 3 rings (SSSR count). The number of pyridine rings is 1. The monoisotopic (exact) mass is 324 g/mol. The Morgan fingerprint density at radius 1 is 1.21 bits per heavy atom. The smallest absolute Gasteiger partial charge is 0.337 e. The van der Waals surface area contributed by atoms with Crippen LogP contribution in [0.2, 0.25) is 0 Å². The lowest BCUT2D eigenvalue weighted by Gasteiger charge is -2.27. The van der Waals surface area contributed by atoms with Gasteiger partial charge in [0, 0.05) is 24.7 Å². The van der Waals surface area contributed by atoms with Crippen molar-refractivity contribution in [3.63, 3.8) is 0 Å². The molecule has 0 bridgehead atoms. The van der Waals surface area contributed by atoms with E-state index in [2.05, 4.69) is 48.0 Å². The summed E-state index contributed by atoms with van der Waals surface area (Å²) in [5.41, 5.74) is 2.65. The summed E-state index contributed by atoms with van der Waals surface area (Å²) in [5.74, 6) is -0.920. The minimum atomic E-state index is -0.920. The highest BCUT2D eigenvalue weighted by Crippen LogP contribution is 2.64. The zero-order valence-corrected chi connectivity index (χ0v) is 14.5. The van der Waals surface area contributed by atoms with Crippen LogP contribution in [-0.2, 0) is 12.0 Å². The highest BCUT2D eigenvalue weighted by molar-refractivity contribution is 5.88. The number of aromatic carboxylic acids is 1. The van der Waals surface area contributed by atoms with Gasteiger partial charge in [0.15, 0.2) is 0 Å². The fourth-order valence-corrected chi connectivity index (χ4v) is 3.85. The van der Waals surface area contributed by atoms with Crippen molar-refractivity contribution in [3.8, 4) is 0 Å². The van der Waals surface area contributed by atoms with Crippen molar-refractivity contribution in [1.29, 1.82) is 0 Å². The van der Waals surface area contributed by atoms with Crippen molar-refractivity contribution < 1.29 is 9.90 Å². The number of carbonyl (C=O) groups is 1. The van der Waals surface area contributed by atoms with E-state index in [1.807, 2.05) is 13.1 Å². The fraction of sp³-hybridized carbons (Fsp3) is 0.400. The zero-order chi connectivity index (χ0) is 17.4. The number of carboxylic acid groups (broad SMARTS) is 1. The van der Waals surface area contributed by atoms with E-state index in [4.69, 9.17) is 0 Å². The Morgan fingerprint density at radius 2 is 1.88 bits per heavy atom. The maximum atomic E-state index is 11.4. The van der Waals surface area contributed by atoms with Crippen LogP contribution in [-0.4, -0.2) is 34.6 Å². The third-order valence-electron chi connectivity index (χ3n) is 5.32. The quantitative estimate of drug-likeness (QED) is 0.882. The number of hydrogen-bond donors (Lipinski definition) is 1. The van der Waals surface area contributed by atoms with Gasteiger partial charge >= 0.3 is 5.97 Å². The molecular formula is C20H24N2O2. The summed E-state index contributed by atoms with van der Waals surface area (Å²) in [5, 5.41) is 9.33. The van der Waals surface area contributed by atoms with Crippen LogP contribution in [0.3, 0.4) is 0 Å². The average molecular weight is 324 g/mol. The summed E-state index contributed by atoms with van der Waals surface area (Å²) in [7, 11) is 2.04. The largest absolute Gasteiger partial charge is 0.478 e. The van der Waals surface area contributed by atoms with Crippen molar-refractivity contribution in [2.75, 3.05) is 13.6 Å². The Morgan fingerprint density at radius 3 is 2.46 bits per heavy atom. The minimum Gasteiger partial charge on any atom is -0.478 e. The van der Waals surface area contributed by atoms with Crippen LogP contribution in [0.25, 0.3) is 0 Å². The molecule has 0 spiro atoms. The van der Waals surface area contributed by atoms with E-state index in [0.29, 0.717) is 12.2 Å². The molecule has 4 nitrogen and oxygen atoms in total. The highest BCUT2D eigenvalue weighted by Gasteiger charge is 2.61. The van der Waals surface area contributed by atoms with Gasteiger partial charge in [-0.2, -0.15) is 0 Å². The average Bonchev–Trinajstić information content (AvgIpc) is 3.10. The lowest BCUT2D eigenvalue weighted by molar-refractivity contribution is 0.0694. The highest BCUT2D eigenvalue weighted by atomic mass is 16.4. The van der Waals surface area contributed by atoms with Gasteiger partial charge in [-0.1, -0.05) is 44.2 Å². The van der Waals surface area contributed by atoms with Crippen LogP contribution in [0.15, 0.2) is 48.7 Å². The van der Waals surface area contributed by atoms with Crippen LogP contribution in [0.5, 0.6) is 0 Å². The molecule has 2 aromatic rings. The molecule has 0 unspecified atom stereocenters. The molecule has 1 N–H and O–H groups in total. The molecule has 0 radical (unpaired) electrons. The van der Waals surface area contributed by atoms with Gasteiger partial charge in [-0.25, -0.2) is 4.79 Å².